The molecule has 4 aliphatic heterocycles. The highest BCUT2D eigenvalue weighted by atomic mass is 16.5. The molecule has 0 aromatic rings. The standard InChI is InChI=1S/C17H28N2O2/c1-10(19-5-13-4-12(19)8-20-13)3-17-16(9-21-17)18-6-14-11(2)15(14)7-18/h10-17H,3-9H2,1-2H3/t10?,11-,12-,13-,14?,15+,16?,17?/m0/s1. The second-order valence-corrected chi connectivity index (χ2v) is 8.21. The van der Waals surface area contributed by atoms with E-state index < -0.39 is 0 Å². The Kier molecular flexibility index (Phi) is 2.96. The number of likely N-dealkylation sites (tertiary alicyclic amines) is 2. The normalized spacial score (nSPS) is 53.7. The van der Waals surface area contributed by atoms with E-state index in [1.807, 2.05) is 0 Å². The van der Waals surface area contributed by atoms with Crippen LogP contribution < -0.4 is 0 Å². The molecule has 4 unspecified atom stereocenters. The summed E-state index contributed by atoms with van der Waals surface area (Å²) >= 11 is 0. The van der Waals surface area contributed by atoms with Crippen LogP contribution in [0.5, 0.6) is 0 Å². The molecule has 2 bridgehead atoms. The third-order valence-electron chi connectivity index (χ3n) is 7.11. The predicted octanol–water partition coefficient (Wildman–Crippen LogP) is 1.20. The Labute approximate surface area is 127 Å². The fraction of sp³-hybridized carbons (Fsp3) is 1.00. The van der Waals surface area contributed by atoms with Crippen molar-refractivity contribution in [3.8, 4) is 0 Å². The molecule has 4 saturated heterocycles. The largest absolute Gasteiger partial charge is 0.375 e. The zero-order valence-corrected chi connectivity index (χ0v) is 13.3. The van der Waals surface area contributed by atoms with E-state index in [0.29, 0.717) is 30.3 Å². The Bertz CT molecular complexity index is 419. The second-order valence-electron chi connectivity index (χ2n) is 8.21. The minimum Gasteiger partial charge on any atom is -0.375 e. The topological polar surface area (TPSA) is 24.9 Å². The summed E-state index contributed by atoms with van der Waals surface area (Å²) in [7, 11) is 0. The summed E-state index contributed by atoms with van der Waals surface area (Å²) in [6, 6.07) is 2.04. The number of ether oxygens (including phenoxy) is 2. The van der Waals surface area contributed by atoms with Gasteiger partial charge in [0.1, 0.15) is 0 Å². The number of nitrogens with zero attached hydrogens (tertiary/aromatic N) is 2. The van der Waals surface area contributed by atoms with Gasteiger partial charge >= 0.3 is 0 Å². The summed E-state index contributed by atoms with van der Waals surface area (Å²) < 4.78 is 11.7. The van der Waals surface area contributed by atoms with Gasteiger partial charge in [-0.3, -0.25) is 9.80 Å². The number of rotatable bonds is 4. The molecule has 0 aromatic carbocycles. The monoisotopic (exact) mass is 292 g/mol. The Morgan fingerprint density at radius 3 is 2.48 bits per heavy atom. The zero-order chi connectivity index (χ0) is 14.1. The van der Waals surface area contributed by atoms with Crippen LogP contribution in [0.1, 0.15) is 26.7 Å². The molecule has 118 valence electrons. The summed E-state index contributed by atoms with van der Waals surface area (Å²) in [6.45, 7) is 10.6. The Morgan fingerprint density at radius 1 is 1.10 bits per heavy atom. The molecule has 8 atom stereocenters. The Morgan fingerprint density at radius 2 is 1.90 bits per heavy atom. The van der Waals surface area contributed by atoms with E-state index in [1.54, 1.807) is 0 Å². The van der Waals surface area contributed by atoms with Crippen LogP contribution in [0.15, 0.2) is 0 Å². The number of piperidine rings is 1. The molecule has 5 aliphatic rings. The first-order chi connectivity index (χ1) is 10.2. The van der Waals surface area contributed by atoms with Gasteiger partial charge in [-0.1, -0.05) is 6.92 Å². The van der Waals surface area contributed by atoms with Gasteiger partial charge in [-0.15, -0.1) is 0 Å². The average Bonchev–Trinajstić information content (AvgIpc) is 2.97. The van der Waals surface area contributed by atoms with Crippen molar-refractivity contribution < 1.29 is 9.47 Å². The van der Waals surface area contributed by atoms with Crippen LogP contribution in [0.3, 0.4) is 0 Å². The summed E-state index contributed by atoms with van der Waals surface area (Å²) in [5.41, 5.74) is 0. The van der Waals surface area contributed by atoms with Crippen molar-refractivity contribution >= 4 is 0 Å². The van der Waals surface area contributed by atoms with Gasteiger partial charge in [-0.05, 0) is 37.5 Å². The van der Waals surface area contributed by atoms with Gasteiger partial charge in [0.05, 0.1) is 31.5 Å². The van der Waals surface area contributed by atoms with Gasteiger partial charge in [0, 0.05) is 31.7 Å². The highest BCUT2D eigenvalue weighted by Gasteiger charge is 2.55. The summed E-state index contributed by atoms with van der Waals surface area (Å²) in [4.78, 5) is 5.41. The van der Waals surface area contributed by atoms with Crippen molar-refractivity contribution in [1.82, 2.24) is 9.80 Å². The predicted molar refractivity (Wildman–Crippen MR) is 80.2 cm³/mol. The van der Waals surface area contributed by atoms with Gasteiger partial charge in [-0.2, -0.15) is 0 Å². The summed E-state index contributed by atoms with van der Waals surface area (Å²) in [5, 5.41) is 0. The smallest absolute Gasteiger partial charge is 0.0768 e. The lowest BCUT2D eigenvalue weighted by Crippen LogP contribution is -2.58. The van der Waals surface area contributed by atoms with Crippen molar-refractivity contribution in [3.63, 3.8) is 0 Å². The summed E-state index contributed by atoms with van der Waals surface area (Å²) in [6.07, 6.45) is 3.46. The maximum Gasteiger partial charge on any atom is 0.0768 e. The fourth-order valence-electron chi connectivity index (χ4n) is 5.45. The maximum atomic E-state index is 5.94. The first-order valence-electron chi connectivity index (χ1n) is 8.93. The zero-order valence-electron chi connectivity index (χ0n) is 13.3. The minimum atomic E-state index is 0.479. The van der Waals surface area contributed by atoms with Crippen molar-refractivity contribution in [2.24, 2.45) is 17.8 Å². The van der Waals surface area contributed by atoms with Gasteiger partial charge < -0.3 is 9.47 Å². The lowest BCUT2D eigenvalue weighted by molar-refractivity contribution is -0.143. The van der Waals surface area contributed by atoms with Crippen LogP contribution in [0, 0.1) is 17.8 Å². The van der Waals surface area contributed by atoms with E-state index in [0.717, 1.165) is 37.5 Å². The van der Waals surface area contributed by atoms with Gasteiger partial charge in [0.15, 0.2) is 0 Å². The third kappa shape index (κ3) is 2.03. The maximum absolute atomic E-state index is 5.94. The number of fused-ring (bicyclic) bond motifs is 3. The van der Waals surface area contributed by atoms with Crippen LogP contribution >= 0.6 is 0 Å². The molecule has 0 amide bonds. The molecular formula is C17H28N2O2. The van der Waals surface area contributed by atoms with E-state index in [4.69, 9.17) is 9.47 Å². The van der Waals surface area contributed by atoms with Crippen LogP contribution in [0.2, 0.25) is 0 Å². The van der Waals surface area contributed by atoms with Crippen LogP contribution in [0.25, 0.3) is 0 Å². The van der Waals surface area contributed by atoms with Crippen LogP contribution in [0.4, 0.5) is 0 Å². The van der Waals surface area contributed by atoms with Crippen LogP contribution in [-0.2, 0) is 9.47 Å². The third-order valence-corrected chi connectivity index (χ3v) is 7.11. The quantitative estimate of drug-likeness (QED) is 0.777. The van der Waals surface area contributed by atoms with Gasteiger partial charge in [-0.25, -0.2) is 0 Å². The fourth-order valence-corrected chi connectivity index (χ4v) is 5.45. The first-order valence-corrected chi connectivity index (χ1v) is 8.93. The van der Waals surface area contributed by atoms with Gasteiger partial charge in [0.2, 0.25) is 0 Å². The second kappa shape index (κ2) is 4.67. The molecule has 1 saturated carbocycles. The van der Waals surface area contributed by atoms with Crippen molar-refractivity contribution in [3.05, 3.63) is 0 Å². The van der Waals surface area contributed by atoms with E-state index >= 15 is 0 Å². The highest BCUT2D eigenvalue weighted by Crippen LogP contribution is 2.52. The van der Waals surface area contributed by atoms with E-state index in [2.05, 4.69) is 23.6 Å². The SMILES string of the molecule is CC(CC1OCC1N1CC2[C@H](C)[C@H]2C1)N1C[C@@H]2C[C@H]1CO2. The molecule has 1 aliphatic carbocycles. The van der Waals surface area contributed by atoms with Crippen LogP contribution in [-0.4, -0.2) is 73.0 Å². The molecule has 21 heavy (non-hydrogen) atoms. The Hall–Kier alpha value is -0.160. The lowest BCUT2D eigenvalue weighted by atomic mass is 9.96. The number of morpholine rings is 1. The van der Waals surface area contributed by atoms with Gasteiger partial charge in [0.25, 0.3) is 0 Å². The summed E-state index contributed by atoms with van der Waals surface area (Å²) in [5.74, 6) is 3.02. The van der Waals surface area contributed by atoms with Crippen molar-refractivity contribution in [2.45, 2.75) is 57.0 Å². The van der Waals surface area contributed by atoms with E-state index in [9.17, 15) is 0 Å². The Balaban J connectivity index is 1.16. The molecule has 0 aromatic heterocycles. The molecule has 0 spiro atoms. The lowest BCUT2D eigenvalue weighted by Gasteiger charge is -2.46. The van der Waals surface area contributed by atoms with Crippen molar-refractivity contribution in [2.75, 3.05) is 32.8 Å². The van der Waals surface area contributed by atoms with E-state index in [1.165, 1.54) is 25.9 Å². The minimum absolute atomic E-state index is 0.479. The number of hydrogen-bond acceptors (Lipinski definition) is 4. The first kappa shape index (κ1) is 13.3. The highest BCUT2D eigenvalue weighted by molar-refractivity contribution is 5.06. The molecule has 0 radical (unpaired) electrons. The molecule has 4 heteroatoms. The molecule has 4 nitrogen and oxygen atoms in total. The molecule has 0 N–H and O–H groups in total. The van der Waals surface area contributed by atoms with Crippen molar-refractivity contribution in [1.29, 1.82) is 0 Å². The molecular weight excluding hydrogens is 264 g/mol. The van der Waals surface area contributed by atoms with E-state index in [-0.39, 0.29) is 0 Å². The average molecular weight is 292 g/mol. The molecule has 5 fully saturated rings. The number of hydrogen-bond donors (Lipinski definition) is 0. The molecule has 4 heterocycles. The molecule has 5 rings (SSSR count).